The number of halogens is 1. The molecule has 0 aliphatic heterocycles. The molecule has 0 spiro atoms. The molecule has 0 fully saturated rings. The summed E-state index contributed by atoms with van der Waals surface area (Å²) in [5.74, 6) is -0.214. The summed E-state index contributed by atoms with van der Waals surface area (Å²) in [7, 11) is 0. The van der Waals surface area contributed by atoms with Crippen molar-refractivity contribution in [2.24, 2.45) is 0 Å². The zero-order valence-corrected chi connectivity index (χ0v) is 13.4. The standard InChI is InChI=1S/C17H24FN3/c1-16(2,3)19-10-12-11-20-21-15(12)17(4,5)13-6-8-14(18)9-7-13/h6-9,11,19H,10H2,1-5H3,(H,20,21). The van der Waals surface area contributed by atoms with E-state index in [-0.39, 0.29) is 16.8 Å². The predicted octanol–water partition coefficient (Wildman–Crippen LogP) is 3.76. The van der Waals surface area contributed by atoms with E-state index in [0.717, 1.165) is 23.4 Å². The van der Waals surface area contributed by atoms with E-state index in [9.17, 15) is 4.39 Å². The molecule has 1 heterocycles. The molecule has 0 amide bonds. The lowest BCUT2D eigenvalue weighted by Crippen LogP contribution is -2.35. The Balaban J connectivity index is 2.28. The van der Waals surface area contributed by atoms with E-state index in [1.165, 1.54) is 12.1 Å². The summed E-state index contributed by atoms with van der Waals surface area (Å²) >= 11 is 0. The molecule has 0 saturated heterocycles. The number of nitrogens with one attached hydrogen (secondary N) is 2. The van der Waals surface area contributed by atoms with Gasteiger partial charge in [-0.2, -0.15) is 5.10 Å². The monoisotopic (exact) mass is 289 g/mol. The molecule has 0 saturated carbocycles. The van der Waals surface area contributed by atoms with Gasteiger partial charge in [-0.05, 0) is 38.5 Å². The van der Waals surface area contributed by atoms with Crippen molar-refractivity contribution in [3.05, 3.63) is 53.1 Å². The van der Waals surface area contributed by atoms with Gasteiger partial charge in [0.25, 0.3) is 0 Å². The fourth-order valence-corrected chi connectivity index (χ4v) is 2.36. The van der Waals surface area contributed by atoms with Crippen LogP contribution in [0.5, 0.6) is 0 Å². The second kappa shape index (κ2) is 5.60. The van der Waals surface area contributed by atoms with Gasteiger partial charge in [0.15, 0.2) is 0 Å². The molecule has 0 atom stereocenters. The second-order valence-corrected chi connectivity index (χ2v) is 7.01. The lowest BCUT2D eigenvalue weighted by atomic mass is 9.80. The van der Waals surface area contributed by atoms with Crippen LogP contribution in [-0.2, 0) is 12.0 Å². The average Bonchev–Trinajstić information content (AvgIpc) is 2.85. The van der Waals surface area contributed by atoms with Crippen LogP contribution < -0.4 is 5.32 Å². The number of hydrogen-bond donors (Lipinski definition) is 2. The first-order valence-electron chi connectivity index (χ1n) is 7.24. The Morgan fingerprint density at radius 2 is 1.71 bits per heavy atom. The quantitative estimate of drug-likeness (QED) is 0.899. The fraction of sp³-hybridized carbons (Fsp3) is 0.471. The van der Waals surface area contributed by atoms with E-state index in [4.69, 9.17) is 0 Å². The Kier molecular flexibility index (Phi) is 4.19. The molecule has 4 heteroatoms. The molecule has 0 radical (unpaired) electrons. The predicted molar refractivity (Wildman–Crippen MR) is 83.7 cm³/mol. The smallest absolute Gasteiger partial charge is 0.123 e. The number of H-pyrrole nitrogens is 1. The van der Waals surface area contributed by atoms with Crippen molar-refractivity contribution in [2.45, 2.75) is 52.1 Å². The maximum absolute atomic E-state index is 13.1. The first kappa shape index (κ1) is 15.7. The van der Waals surface area contributed by atoms with E-state index in [1.807, 2.05) is 18.3 Å². The van der Waals surface area contributed by atoms with Crippen LogP contribution in [0, 0.1) is 5.82 Å². The van der Waals surface area contributed by atoms with Crippen LogP contribution in [-0.4, -0.2) is 15.7 Å². The molecule has 0 unspecified atom stereocenters. The molecule has 1 aromatic heterocycles. The highest BCUT2D eigenvalue weighted by Crippen LogP contribution is 2.32. The normalized spacial score (nSPS) is 12.7. The molecule has 0 aliphatic carbocycles. The highest BCUT2D eigenvalue weighted by Gasteiger charge is 2.28. The van der Waals surface area contributed by atoms with Gasteiger partial charge >= 0.3 is 0 Å². The third-order valence-corrected chi connectivity index (χ3v) is 3.72. The molecule has 2 N–H and O–H groups in total. The maximum atomic E-state index is 13.1. The zero-order valence-electron chi connectivity index (χ0n) is 13.4. The van der Waals surface area contributed by atoms with Crippen molar-refractivity contribution in [1.29, 1.82) is 0 Å². The molecule has 2 rings (SSSR count). The van der Waals surface area contributed by atoms with Crippen LogP contribution in [0.4, 0.5) is 4.39 Å². The SMILES string of the molecule is CC(C)(C)NCc1cn[nH]c1C(C)(C)c1ccc(F)cc1. The van der Waals surface area contributed by atoms with Crippen LogP contribution in [0.3, 0.4) is 0 Å². The lowest BCUT2D eigenvalue weighted by molar-refractivity contribution is 0.421. The number of hydrogen-bond acceptors (Lipinski definition) is 2. The summed E-state index contributed by atoms with van der Waals surface area (Å²) in [6, 6.07) is 6.66. The Hall–Kier alpha value is -1.68. The van der Waals surface area contributed by atoms with Gasteiger partial charge in [0.1, 0.15) is 5.82 Å². The van der Waals surface area contributed by atoms with Crippen molar-refractivity contribution in [1.82, 2.24) is 15.5 Å². The van der Waals surface area contributed by atoms with Crippen molar-refractivity contribution < 1.29 is 4.39 Å². The van der Waals surface area contributed by atoms with E-state index < -0.39 is 0 Å². The number of aromatic nitrogens is 2. The van der Waals surface area contributed by atoms with E-state index in [0.29, 0.717) is 0 Å². The zero-order chi connectivity index (χ0) is 15.7. The van der Waals surface area contributed by atoms with Crippen LogP contribution in [0.2, 0.25) is 0 Å². The van der Waals surface area contributed by atoms with Gasteiger partial charge in [0.2, 0.25) is 0 Å². The highest BCUT2D eigenvalue weighted by atomic mass is 19.1. The van der Waals surface area contributed by atoms with E-state index in [2.05, 4.69) is 50.1 Å². The summed E-state index contributed by atoms with van der Waals surface area (Å²) in [4.78, 5) is 0. The first-order chi connectivity index (χ1) is 9.70. The second-order valence-electron chi connectivity index (χ2n) is 7.01. The van der Waals surface area contributed by atoms with Crippen LogP contribution >= 0.6 is 0 Å². The summed E-state index contributed by atoms with van der Waals surface area (Å²) in [6.45, 7) is 11.4. The van der Waals surface area contributed by atoms with Gasteiger partial charge < -0.3 is 5.32 Å². The molecule has 1 aromatic carbocycles. The minimum absolute atomic E-state index is 0.0502. The third kappa shape index (κ3) is 3.70. The Morgan fingerprint density at radius 1 is 1.10 bits per heavy atom. The Morgan fingerprint density at radius 3 is 2.29 bits per heavy atom. The topological polar surface area (TPSA) is 40.7 Å². The molecule has 114 valence electrons. The lowest BCUT2D eigenvalue weighted by Gasteiger charge is -2.27. The number of benzene rings is 1. The Bertz CT molecular complexity index is 591. The molecular weight excluding hydrogens is 265 g/mol. The minimum atomic E-state index is -0.251. The summed E-state index contributed by atoms with van der Waals surface area (Å²) in [6.07, 6.45) is 1.86. The van der Waals surface area contributed by atoms with Gasteiger partial charge in [0, 0.05) is 28.8 Å². The summed E-state index contributed by atoms with van der Waals surface area (Å²) in [5, 5.41) is 10.8. The Labute approximate surface area is 126 Å². The van der Waals surface area contributed by atoms with Crippen molar-refractivity contribution in [3.8, 4) is 0 Å². The molecule has 2 aromatic rings. The van der Waals surface area contributed by atoms with Crippen LogP contribution in [0.1, 0.15) is 51.4 Å². The molecule has 0 bridgehead atoms. The molecule has 0 aliphatic rings. The van der Waals surface area contributed by atoms with Crippen LogP contribution in [0.15, 0.2) is 30.5 Å². The highest BCUT2D eigenvalue weighted by molar-refractivity contribution is 5.37. The van der Waals surface area contributed by atoms with Crippen molar-refractivity contribution >= 4 is 0 Å². The molecule has 3 nitrogen and oxygen atoms in total. The van der Waals surface area contributed by atoms with Crippen molar-refractivity contribution in [3.63, 3.8) is 0 Å². The van der Waals surface area contributed by atoms with Crippen LogP contribution in [0.25, 0.3) is 0 Å². The number of nitrogens with zero attached hydrogens (tertiary/aromatic N) is 1. The summed E-state index contributed by atoms with van der Waals surface area (Å²) < 4.78 is 13.1. The first-order valence-corrected chi connectivity index (χ1v) is 7.24. The van der Waals surface area contributed by atoms with Gasteiger partial charge in [0.05, 0.1) is 6.20 Å². The van der Waals surface area contributed by atoms with Gasteiger partial charge in [-0.15, -0.1) is 0 Å². The van der Waals surface area contributed by atoms with Gasteiger partial charge in [-0.25, -0.2) is 4.39 Å². The largest absolute Gasteiger partial charge is 0.308 e. The van der Waals surface area contributed by atoms with Gasteiger partial charge in [-0.1, -0.05) is 26.0 Å². The number of rotatable bonds is 4. The molecular formula is C17H24FN3. The molecule has 21 heavy (non-hydrogen) atoms. The summed E-state index contributed by atoms with van der Waals surface area (Å²) in [5.41, 5.74) is 3.06. The van der Waals surface area contributed by atoms with E-state index in [1.54, 1.807) is 0 Å². The number of aromatic amines is 1. The third-order valence-electron chi connectivity index (χ3n) is 3.72. The maximum Gasteiger partial charge on any atom is 0.123 e. The minimum Gasteiger partial charge on any atom is -0.308 e. The van der Waals surface area contributed by atoms with Gasteiger partial charge in [-0.3, -0.25) is 5.10 Å². The van der Waals surface area contributed by atoms with E-state index >= 15 is 0 Å². The van der Waals surface area contributed by atoms with Crippen molar-refractivity contribution in [2.75, 3.05) is 0 Å². The fourth-order valence-electron chi connectivity index (χ4n) is 2.36. The average molecular weight is 289 g/mol.